The first-order valence-corrected chi connectivity index (χ1v) is 27.0. The number of amides is 7. The lowest BCUT2D eigenvalue weighted by Gasteiger charge is -2.32. The second-order valence-corrected chi connectivity index (χ2v) is 20.7. The first kappa shape index (κ1) is 56.5. The van der Waals surface area contributed by atoms with Crippen molar-refractivity contribution in [3.8, 4) is 11.4 Å². The smallest absolute Gasteiger partial charge is 0.343 e. The first-order valence-electron chi connectivity index (χ1n) is 27.0. The minimum atomic E-state index is -2.03. The number of unbranched alkanes of at least 4 members (excludes halogenated alkanes) is 2. The van der Waals surface area contributed by atoms with Crippen LogP contribution >= 0.6 is 0 Å². The van der Waals surface area contributed by atoms with Crippen molar-refractivity contribution in [1.29, 1.82) is 0 Å². The molecule has 0 unspecified atom stereocenters. The molecule has 80 heavy (non-hydrogen) atoms. The van der Waals surface area contributed by atoms with E-state index in [2.05, 4.69) is 26.6 Å². The number of carbonyl (C=O) groups excluding carboxylic acids is 9. The van der Waals surface area contributed by atoms with Gasteiger partial charge in [0.1, 0.15) is 31.7 Å². The summed E-state index contributed by atoms with van der Waals surface area (Å²) in [7, 11) is 0. The molecule has 3 aliphatic heterocycles. The van der Waals surface area contributed by atoms with E-state index in [0.717, 1.165) is 21.4 Å². The SMILES string of the molecule is CC[C@@]1(O)C(=O)OCc2c1cc1n(c2=O)Cc2c-1nc1cc(F)c(C)c3c1c2[C@@H](NC(=O)C1CCC(OCNC(=O)CNC(=O)[C@H](Cc2ccccc2)NC(=O)COC(=O)CNC(=O)CCCCCN2C(=O)C=CC2=O)CC1)CC3. The third-order valence-electron chi connectivity index (χ3n) is 15.7. The lowest BCUT2D eigenvalue weighted by molar-refractivity contribution is -0.172. The number of rotatable bonds is 22. The topological polar surface area (TPSA) is 300 Å². The van der Waals surface area contributed by atoms with E-state index in [-0.39, 0.29) is 86.6 Å². The molecular formula is C57H63FN8O14. The molecule has 2 aromatic carbocycles. The van der Waals surface area contributed by atoms with E-state index < -0.39 is 84.3 Å². The maximum atomic E-state index is 15.5. The molecule has 2 aliphatic carbocycles. The van der Waals surface area contributed by atoms with E-state index in [4.69, 9.17) is 19.2 Å². The fourth-order valence-electron chi connectivity index (χ4n) is 11.2. The van der Waals surface area contributed by atoms with Crippen molar-refractivity contribution in [1.82, 2.24) is 41.0 Å². The Labute approximate surface area is 458 Å². The molecule has 6 N–H and O–H groups in total. The molecule has 2 aromatic heterocycles. The number of hydrogen-bond acceptors (Lipinski definition) is 15. The Hall–Kier alpha value is -8.18. The zero-order valence-electron chi connectivity index (χ0n) is 44.4. The van der Waals surface area contributed by atoms with Crippen molar-refractivity contribution >= 4 is 64.2 Å². The maximum Gasteiger partial charge on any atom is 0.343 e. The van der Waals surface area contributed by atoms with Gasteiger partial charge >= 0.3 is 11.9 Å². The number of aryl methyl sites for hydroxylation is 1. The molecule has 3 atom stereocenters. The summed E-state index contributed by atoms with van der Waals surface area (Å²) in [6, 6.07) is 10.1. The normalized spacial score (nSPS) is 20.0. The molecule has 7 amide bonds. The summed E-state index contributed by atoms with van der Waals surface area (Å²) in [5.74, 6) is -5.89. The van der Waals surface area contributed by atoms with Crippen molar-refractivity contribution in [3.63, 3.8) is 0 Å². The zero-order valence-corrected chi connectivity index (χ0v) is 44.4. The minimum Gasteiger partial charge on any atom is -0.458 e. The second-order valence-electron chi connectivity index (χ2n) is 20.7. The third kappa shape index (κ3) is 12.2. The highest BCUT2D eigenvalue weighted by Crippen LogP contribution is 2.46. The molecule has 0 saturated heterocycles. The molecule has 0 radical (unpaired) electrons. The number of ether oxygens (including phenoxy) is 3. The Morgan fingerprint density at radius 3 is 2.36 bits per heavy atom. The number of esters is 2. The summed E-state index contributed by atoms with van der Waals surface area (Å²) in [6.07, 6.45) is 6.75. The Morgan fingerprint density at radius 1 is 0.875 bits per heavy atom. The molecule has 22 nitrogen and oxygen atoms in total. The summed E-state index contributed by atoms with van der Waals surface area (Å²) in [5, 5.41) is 25.5. The van der Waals surface area contributed by atoms with Crippen LogP contribution in [0.5, 0.6) is 0 Å². The number of benzene rings is 2. The van der Waals surface area contributed by atoms with Crippen LogP contribution in [0, 0.1) is 18.7 Å². The quantitative estimate of drug-likeness (QED) is 0.0251. The second kappa shape index (κ2) is 24.5. The summed E-state index contributed by atoms with van der Waals surface area (Å²) < 4.78 is 33.2. The zero-order chi connectivity index (χ0) is 56.8. The van der Waals surface area contributed by atoms with Crippen molar-refractivity contribution < 1.29 is 66.9 Å². The molecule has 5 heterocycles. The van der Waals surface area contributed by atoms with Crippen LogP contribution in [0.3, 0.4) is 0 Å². The molecule has 422 valence electrons. The van der Waals surface area contributed by atoms with E-state index in [0.29, 0.717) is 91.4 Å². The van der Waals surface area contributed by atoms with Gasteiger partial charge in [0, 0.05) is 60.0 Å². The Balaban J connectivity index is 0.722. The molecule has 0 bridgehead atoms. The number of nitrogens with one attached hydrogen (secondary N) is 5. The van der Waals surface area contributed by atoms with Gasteiger partial charge in [-0.15, -0.1) is 0 Å². The van der Waals surface area contributed by atoms with Gasteiger partial charge in [0.05, 0.1) is 47.7 Å². The van der Waals surface area contributed by atoms with Crippen molar-refractivity contribution in [2.75, 3.05) is 33.0 Å². The fraction of sp³-hybridized carbons (Fsp3) is 0.456. The lowest BCUT2D eigenvalue weighted by Crippen LogP contribution is -2.51. The lowest BCUT2D eigenvalue weighted by atomic mass is 9.81. The molecule has 1 saturated carbocycles. The number of nitrogens with zero attached hydrogens (tertiary/aromatic N) is 3. The number of imide groups is 1. The number of aliphatic hydroxyl groups is 1. The van der Waals surface area contributed by atoms with Gasteiger partial charge in [-0.1, -0.05) is 43.7 Å². The van der Waals surface area contributed by atoms with Gasteiger partial charge in [-0.05, 0) is 93.0 Å². The monoisotopic (exact) mass is 1100 g/mol. The van der Waals surface area contributed by atoms with Gasteiger partial charge in [-0.25, -0.2) is 14.2 Å². The molecule has 5 aliphatic rings. The van der Waals surface area contributed by atoms with Crippen LogP contribution in [-0.2, 0) is 89.0 Å². The van der Waals surface area contributed by atoms with Crippen molar-refractivity contribution in [3.05, 3.63) is 110 Å². The predicted molar refractivity (Wildman–Crippen MR) is 282 cm³/mol. The first-order chi connectivity index (χ1) is 38.4. The van der Waals surface area contributed by atoms with Gasteiger partial charge in [-0.3, -0.25) is 48.1 Å². The van der Waals surface area contributed by atoms with Crippen molar-refractivity contribution in [2.45, 2.75) is 128 Å². The van der Waals surface area contributed by atoms with Gasteiger partial charge in [0.25, 0.3) is 23.3 Å². The van der Waals surface area contributed by atoms with E-state index in [1.165, 1.54) is 22.8 Å². The fourth-order valence-corrected chi connectivity index (χ4v) is 11.2. The van der Waals surface area contributed by atoms with Crippen LogP contribution in [0.2, 0.25) is 0 Å². The van der Waals surface area contributed by atoms with Crippen molar-refractivity contribution in [2.24, 2.45) is 5.92 Å². The predicted octanol–water partition coefficient (Wildman–Crippen LogP) is 2.27. The number of pyridine rings is 2. The molecule has 23 heteroatoms. The van der Waals surface area contributed by atoms with Gasteiger partial charge in [-0.2, -0.15) is 0 Å². The molecule has 1 fully saturated rings. The number of cyclic esters (lactones) is 1. The summed E-state index contributed by atoms with van der Waals surface area (Å²) >= 11 is 0. The Morgan fingerprint density at radius 2 is 1.62 bits per heavy atom. The molecular weight excluding hydrogens is 1040 g/mol. The van der Waals surface area contributed by atoms with Gasteiger partial charge < -0.3 is 50.5 Å². The third-order valence-corrected chi connectivity index (χ3v) is 15.7. The summed E-state index contributed by atoms with van der Waals surface area (Å²) in [4.78, 5) is 134. The van der Waals surface area contributed by atoms with E-state index >= 15 is 4.39 Å². The number of halogens is 1. The average molecular weight is 1100 g/mol. The average Bonchev–Trinajstić information content (AvgIpc) is 4.07. The Kier molecular flexibility index (Phi) is 17.3. The van der Waals surface area contributed by atoms with Gasteiger partial charge in [0.2, 0.25) is 23.6 Å². The van der Waals surface area contributed by atoms with E-state index in [1.54, 1.807) is 50.2 Å². The van der Waals surface area contributed by atoms with Crippen LogP contribution in [0.1, 0.15) is 116 Å². The van der Waals surface area contributed by atoms with Gasteiger partial charge in [0.15, 0.2) is 12.2 Å². The number of hydrogen-bond donors (Lipinski definition) is 6. The number of fused-ring (bicyclic) bond motifs is 5. The summed E-state index contributed by atoms with van der Waals surface area (Å²) in [6.45, 7) is 1.55. The van der Waals surface area contributed by atoms with E-state index in [1.807, 2.05) is 0 Å². The Bertz CT molecular complexity index is 3250. The molecule has 4 aromatic rings. The standard InChI is InChI=1S/C57H63FN8O14/c1-3-57(77)38-23-43-52-36(27-66(43)55(75)37(38)28-79-56(57)76)51-40(18-17-35-31(2)39(58)24-41(63-52)50(35)51)64-53(73)33-13-15-34(16-14-33)80-30-61-45(68)25-60-54(74)42(22-32-10-6-4-7-11-32)62-46(69)29-78-49(72)26-59-44(67)12-8-5-9-21-65-47(70)19-20-48(65)71/h4,6-7,10-11,19-20,23-24,33-34,40,42,77H,3,5,8-9,12-18,21-22,25-30H2,1-2H3,(H,59,67)(H,60,74)(H,61,68)(H,62,69)(H,64,73)/t33?,34?,40-,42-,57-/m0/s1. The molecule has 9 rings (SSSR count). The number of carbonyl (C=O) groups is 9. The van der Waals surface area contributed by atoms with Crippen LogP contribution in [0.15, 0.2) is 59.4 Å². The van der Waals surface area contributed by atoms with Crippen LogP contribution in [0.4, 0.5) is 4.39 Å². The van der Waals surface area contributed by atoms with Crippen LogP contribution < -0.4 is 32.1 Å². The van der Waals surface area contributed by atoms with Crippen LogP contribution in [-0.4, -0.2) is 118 Å². The maximum absolute atomic E-state index is 15.5. The molecule has 0 spiro atoms. The number of aromatic nitrogens is 2. The largest absolute Gasteiger partial charge is 0.458 e. The highest BCUT2D eigenvalue weighted by atomic mass is 19.1. The van der Waals surface area contributed by atoms with Crippen LogP contribution in [0.25, 0.3) is 22.3 Å². The summed E-state index contributed by atoms with van der Waals surface area (Å²) in [5.41, 5.74) is 2.48. The van der Waals surface area contributed by atoms with E-state index in [9.17, 15) is 53.1 Å². The highest BCUT2D eigenvalue weighted by molar-refractivity contribution is 6.12. The minimum absolute atomic E-state index is 0.0259. The highest BCUT2D eigenvalue weighted by Gasteiger charge is 2.46.